The van der Waals surface area contributed by atoms with Gasteiger partial charge in [0.2, 0.25) is 0 Å². The van der Waals surface area contributed by atoms with E-state index in [1.54, 1.807) is 0 Å². The average Bonchev–Trinajstić information content (AvgIpc) is 2.89. The first-order valence-electron chi connectivity index (χ1n) is 6.50. The van der Waals surface area contributed by atoms with Crippen LogP contribution in [0.4, 0.5) is 8.78 Å². The van der Waals surface area contributed by atoms with Crippen LogP contribution in [-0.4, -0.2) is 9.59 Å². The highest BCUT2D eigenvalue weighted by Crippen LogP contribution is 2.34. The highest BCUT2D eigenvalue weighted by molar-refractivity contribution is 7.05. The van der Waals surface area contributed by atoms with Crippen molar-refractivity contribution in [2.75, 3.05) is 0 Å². The van der Waals surface area contributed by atoms with Gasteiger partial charge >= 0.3 is 0 Å². The Hall–Kier alpha value is -1.44. The lowest BCUT2D eigenvalue weighted by Crippen LogP contribution is -2.31. The molecule has 21 heavy (non-hydrogen) atoms. The molecule has 114 valence electrons. The van der Waals surface area contributed by atoms with E-state index in [0.717, 1.165) is 17.2 Å². The minimum absolute atomic E-state index is 0.150. The van der Waals surface area contributed by atoms with E-state index >= 15 is 0 Å². The van der Waals surface area contributed by atoms with Gasteiger partial charge in [-0.3, -0.25) is 5.84 Å². The van der Waals surface area contributed by atoms with Crippen molar-refractivity contribution in [3.05, 3.63) is 45.5 Å². The van der Waals surface area contributed by atoms with Gasteiger partial charge in [-0.2, -0.15) is 0 Å². The topological polar surface area (TPSA) is 63.8 Å². The van der Waals surface area contributed by atoms with Crippen LogP contribution in [0.5, 0.6) is 0 Å². The average molecular weight is 312 g/mol. The number of hydrogen-bond acceptors (Lipinski definition) is 5. The summed E-state index contributed by atoms with van der Waals surface area (Å²) in [5, 5.41) is 4.11. The number of nitrogens with one attached hydrogen (secondary N) is 1. The van der Waals surface area contributed by atoms with Crippen molar-refractivity contribution in [3.8, 4) is 0 Å². The van der Waals surface area contributed by atoms with Crippen LogP contribution in [0.15, 0.2) is 12.1 Å². The van der Waals surface area contributed by atoms with Crippen LogP contribution in [0.3, 0.4) is 0 Å². The number of rotatable bonds is 3. The second-order valence-electron chi connectivity index (χ2n) is 5.94. The van der Waals surface area contributed by atoms with Crippen LogP contribution >= 0.6 is 11.5 Å². The van der Waals surface area contributed by atoms with E-state index in [4.69, 9.17) is 5.84 Å². The lowest BCUT2D eigenvalue weighted by atomic mass is 9.88. The molecule has 0 radical (unpaired) electrons. The molecule has 0 fully saturated rings. The van der Waals surface area contributed by atoms with E-state index in [1.807, 2.05) is 20.8 Å². The number of nitrogens with two attached hydrogens (primary N) is 1. The van der Waals surface area contributed by atoms with Crippen molar-refractivity contribution in [2.45, 2.75) is 39.2 Å². The first-order valence-corrected chi connectivity index (χ1v) is 7.28. The molecule has 1 atom stereocenters. The number of nitrogens with zero attached hydrogens (tertiary/aromatic N) is 2. The molecule has 0 aliphatic heterocycles. The molecule has 0 spiro atoms. The molecule has 0 bridgehead atoms. The fraction of sp³-hybridized carbons (Fsp3) is 0.429. The van der Waals surface area contributed by atoms with Gasteiger partial charge in [-0.05, 0) is 24.0 Å². The minimum Gasteiger partial charge on any atom is -0.271 e. The molecule has 0 aliphatic carbocycles. The van der Waals surface area contributed by atoms with Gasteiger partial charge in [0.05, 0.1) is 16.6 Å². The summed E-state index contributed by atoms with van der Waals surface area (Å²) in [5.41, 5.74) is 3.40. The maximum atomic E-state index is 14.2. The second kappa shape index (κ2) is 5.75. The summed E-state index contributed by atoms with van der Waals surface area (Å²) in [6.07, 6.45) is 0. The molecule has 4 nitrogen and oxygen atoms in total. The highest BCUT2D eigenvalue weighted by atomic mass is 32.1. The van der Waals surface area contributed by atoms with Gasteiger partial charge < -0.3 is 0 Å². The van der Waals surface area contributed by atoms with Crippen molar-refractivity contribution in [2.24, 2.45) is 5.84 Å². The van der Waals surface area contributed by atoms with E-state index in [9.17, 15) is 8.78 Å². The van der Waals surface area contributed by atoms with Crippen molar-refractivity contribution >= 4 is 11.5 Å². The first-order chi connectivity index (χ1) is 9.77. The Morgan fingerprint density at radius 3 is 2.48 bits per heavy atom. The molecule has 0 saturated carbocycles. The third-order valence-electron chi connectivity index (χ3n) is 3.27. The largest absolute Gasteiger partial charge is 0.271 e. The Morgan fingerprint density at radius 1 is 1.24 bits per heavy atom. The smallest absolute Gasteiger partial charge is 0.164 e. The van der Waals surface area contributed by atoms with Gasteiger partial charge in [0.15, 0.2) is 11.6 Å². The zero-order chi connectivity index (χ0) is 15.8. The summed E-state index contributed by atoms with van der Waals surface area (Å²) in [6.45, 7) is 7.45. The van der Waals surface area contributed by atoms with Crippen molar-refractivity contribution < 1.29 is 8.78 Å². The number of halogens is 2. The van der Waals surface area contributed by atoms with E-state index < -0.39 is 17.7 Å². The van der Waals surface area contributed by atoms with Crippen molar-refractivity contribution in [1.82, 2.24) is 15.0 Å². The Labute approximate surface area is 126 Å². The SMILES string of the molecule is Cc1ccc(C(NN)c2snnc2C(C)(C)C)c(F)c1F. The van der Waals surface area contributed by atoms with Gasteiger partial charge in [-0.15, -0.1) is 5.10 Å². The van der Waals surface area contributed by atoms with Crippen LogP contribution < -0.4 is 11.3 Å². The number of aryl methyl sites for hydroxylation is 1. The van der Waals surface area contributed by atoms with Gasteiger partial charge in [-0.25, -0.2) is 14.2 Å². The van der Waals surface area contributed by atoms with Crippen LogP contribution in [0.25, 0.3) is 0 Å². The summed E-state index contributed by atoms with van der Waals surface area (Å²) in [5.74, 6) is 3.82. The molecule has 1 aromatic carbocycles. The third kappa shape index (κ3) is 2.95. The maximum absolute atomic E-state index is 14.2. The normalized spacial score (nSPS) is 13.5. The highest BCUT2D eigenvalue weighted by Gasteiger charge is 2.30. The minimum atomic E-state index is -0.897. The fourth-order valence-electron chi connectivity index (χ4n) is 2.10. The standard InChI is InChI=1S/C14H18F2N4S/c1-7-5-6-8(10(16)9(7)15)11(18-17)12-13(14(2,3)4)19-20-21-12/h5-6,11,18H,17H2,1-4H3. The summed E-state index contributed by atoms with van der Waals surface area (Å²) >= 11 is 1.13. The molecule has 7 heteroatoms. The molecular formula is C14H18F2N4S. The molecular weight excluding hydrogens is 294 g/mol. The summed E-state index contributed by atoms with van der Waals surface area (Å²) in [6, 6.07) is 2.38. The van der Waals surface area contributed by atoms with E-state index in [-0.39, 0.29) is 16.5 Å². The molecule has 0 aliphatic rings. The molecule has 1 unspecified atom stereocenters. The molecule has 0 saturated heterocycles. The number of hydrazine groups is 1. The number of hydrogen-bond donors (Lipinski definition) is 2. The fourth-order valence-corrected chi connectivity index (χ4v) is 3.04. The third-order valence-corrected chi connectivity index (χ3v) is 4.06. The Bertz CT molecular complexity index is 649. The van der Waals surface area contributed by atoms with Gasteiger partial charge in [0, 0.05) is 11.0 Å². The van der Waals surface area contributed by atoms with Gasteiger partial charge in [0.25, 0.3) is 0 Å². The van der Waals surface area contributed by atoms with Crippen molar-refractivity contribution in [1.29, 1.82) is 0 Å². The summed E-state index contributed by atoms with van der Waals surface area (Å²) < 4.78 is 31.9. The van der Waals surface area contributed by atoms with Gasteiger partial charge in [0.1, 0.15) is 0 Å². The summed E-state index contributed by atoms with van der Waals surface area (Å²) in [4.78, 5) is 0.687. The Balaban J connectivity index is 2.56. The van der Waals surface area contributed by atoms with E-state index in [0.29, 0.717) is 4.88 Å². The maximum Gasteiger partial charge on any atom is 0.164 e. The molecule has 1 heterocycles. The van der Waals surface area contributed by atoms with Crippen LogP contribution in [0.1, 0.15) is 48.5 Å². The van der Waals surface area contributed by atoms with E-state index in [2.05, 4.69) is 15.0 Å². The predicted octanol–water partition coefficient (Wildman–Crippen LogP) is 2.97. The molecule has 3 N–H and O–H groups in total. The Kier molecular flexibility index (Phi) is 4.36. The zero-order valence-corrected chi connectivity index (χ0v) is 13.2. The number of benzene rings is 1. The lowest BCUT2D eigenvalue weighted by Gasteiger charge is -2.22. The second-order valence-corrected chi connectivity index (χ2v) is 6.72. The molecule has 1 aromatic heterocycles. The van der Waals surface area contributed by atoms with E-state index in [1.165, 1.54) is 19.1 Å². The lowest BCUT2D eigenvalue weighted by molar-refractivity contribution is 0.476. The van der Waals surface area contributed by atoms with Crippen LogP contribution in [-0.2, 0) is 5.41 Å². The zero-order valence-electron chi connectivity index (χ0n) is 12.4. The number of aromatic nitrogens is 2. The monoisotopic (exact) mass is 312 g/mol. The van der Waals surface area contributed by atoms with Crippen molar-refractivity contribution in [3.63, 3.8) is 0 Å². The first kappa shape index (κ1) is 15.9. The van der Waals surface area contributed by atoms with Gasteiger partial charge in [-0.1, -0.05) is 37.4 Å². The Morgan fingerprint density at radius 2 is 1.90 bits per heavy atom. The molecule has 2 rings (SSSR count). The van der Waals surface area contributed by atoms with Crippen LogP contribution in [0, 0.1) is 18.6 Å². The summed E-state index contributed by atoms with van der Waals surface area (Å²) in [7, 11) is 0. The predicted molar refractivity (Wildman–Crippen MR) is 78.9 cm³/mol. The quantitative estimate of drug-likeness (QED) is 0.675. The molecule has 2 aromatic rings. The van der Waals surface area contributed by atoms with Crippen LogP contribution in [0.2, 0.25) is 0 Å². The molecule has 0 amide bonds.